The van der Waals surface area contributed by atoms with Crippen molar-refractivity contribution in [2.24, 2.45) is 0 Å². The van der Waals surface area contributed by atoms with Gasteiger partial charge in [0.15, 0.2) is 29.1 Å². The molecule has 1 heterocycles. The minimum absolute atomic E-state index is 0.255. The second-order valence-electron chi connectivity index (χ2n) is 5.14. The van der Waals surface area contributed by atoms with E-state index in [0.29, 0.717) is 0 Å². The standard InChI is InChI=1S/C14H11F5N4O2/c1-22(2)14(25)11-13(23(3)4-24)21-12(20-11)5-6(15)8(17)10(19)9(18)7(5)16/h4H,1-3H3,(H,20,21). The molecule has 0 spiro atoms. The van der Waals surface area contributed by atoms with E-state index in [2.05, 4.69) is 9.97 Å². The van der Waals surface area contributed by atoms with Crippen molar-refractivity contribution in [2.45, 2.75) is 0 Å². The number of rotatable bonds is 4. The molecule has 1 N–H and O–H groups in total. The molecule has 1 aromatic heterocycles. The maximum absolute atomic E-state index is 13.9. The number of hydrogen-bond acceptors (Lipinski definition) is 3. The first-order valence-electron chi connectivity index (χ1n) is 6.63. The first-order chi connectivity index (χ1) is 11.6. The highest BCUT2D eigenvalue weighted by Gasteiger charge is 2.30. The molecule has 2 rings (SSSR count). The molecule has 0 unspecified atom stereocenters. The summed E-state index contributed by atoms with van der Waals surface area (Å²) in [6.07, 6.45) is 0.255. The Morgan fingerprint density at radius 1 is 0.960 bits per heavy atom. The number of H-pyrrole nitrogens is 1. The van der Waals surface area contributed by atoms with Crippen LogP contribution in [0.25, 0.3) is 11.4 Å². The van der Waals surface area contributed by atoms with Crippen LogP contribution in [0.5, 0.6) is 0 Å². The van der Waals surface area contributed by atoms with Crippen molar-refractivity contribution in [1.82, 2.24) is 14.9 Å². The zero-order valence-electron chi connectivity index (χ0n) is 13.1. The number of carbonyl (C=O) groups excluding carboxylic acids is 2. The van der Waals surface area contributed by atoms with Crippen molar-refractivity contribution in [2.75, 3.05) is 26.0 Å². The van der Waals surface area contributed by atoms with Gasteiger partial charge in [-0.25, -0.2) is 26.9 Å². The van der Waals surface area contributed by atoms with Gasteiger partial charge in [0, 0.05) is 21.1 Å². The lowest BCUT2D eigenvalue weighted by Gasteiger charge is -2.12. The van der Waals surface area contributed by atoms with Gasteiger partial charge in [0.25, 0.3) is 5.91 Å². The number of aromatic nitrogens is 2. The lowest BCUT2D eigenvalue weighted by molar-refractivity contribution is -0.107. The molecule has 0 fully saturated rings. The number of carbonyl (C=O) groups is 2. The number of anilines is 1. The van der Waals surface area contributed by atoms with Gasteiger partial charge in [0.2, 0.25) is 12.2 Å². The predicted molar refractivity (Wildman–Crippen MR) is 76.3 cm³/mol. The van der Waals surface area contributed by atoms with Gasteiger partial charge >= 0.3 is 0 Å². The Balaban J connectivity index is 2.78. The number of benzene rings is 1. The van der Waals surface area contributed by atoms with Crippen LogP contribution in [0.3, 0.4) is 0 Å². The van der Waals surface area contributed by atoms with Crippen molar-refractivity contribution >= 4 is 18.1 Å². The summed E-state index contributed by atoms with van der Waals surface area (Å²) in [4.78, 5) is 30.7. The third-order valence-corrected chi connectivity index (χ3v) is 3.24. The highest BCUT2D eigenvalue weighted by atomic mass is 19.2. The van der Waals surface area contributed by atoms with Gasteiger partial charge in [-0.2, -0.15) is 0 Å². The predicted octanol–water partition coefficient (Wildman–Crippen LogP) is 2.07. The molecule has 1 aromatic carbocycles. The number of amides is 2. The third kappa shape index (κ3) is 2.92. The molecule has 2 amide bonds. The molecule has 0 bridgehead atoms. The van der Waals surface area contributed by atoms with Gasteiger partial charge in [-0.1, -0.05) is 0 Å². The average Bonchev–Trinajstić information content (AvgIpc) is 3.01. The first-order valence-corrected chi connectivity index (χ1v) is 6.63. The summed E-state index contributed by atoms with van der Waals surface area (Å²) in [6.45, 7) is 0. The largest absolute Gasteiger partial charge is 0.343 e. The molecule has 0 aliphatic rings. The van der Waals surface area contributed by atoms with Gasteiger partial charge in [-0.05, 0) is 0 Å². The molecule has 0 saturated carbocycles. The molecule has 0 aliphatic heterocycles. The molecule has 2 aromatic rings. The lowest BCUT2D eigenvalue weighted by Crippen LogP contribution is -2.25. The summed E-state index contributed by atoms with van der Waals surface area (Å²) in [6, 6.07) is 0. The molecule has 6 nitrogen and oxygen atoms in total. The van der Waals surface area contributed by atoms with Crippen LogP contribution in [-0.4, -0.2) is 48.3 Å². The number of halogens is 5. The molecule has 0 radical (unpaired) electrons. The smallest absolute Gasteiger partial charge is 0.273 e. The summed E-state index contributed by atoms with van der Waals surface area (Å²) in [5, 5.41) is 0. The van der Waals surface area contributed by atoms with Gasteiger partial charge in [0.05, 0.1) is 5.56 Å². The molecule has 25 heavy (non-hydrogen) atoms. The average molecular weight is 362 g/mol. The van der Waals surface area contributed by atoms with E-state index in [0.717, 1.165) is 9.80 Å². The van der Waals surface area contributed by atoms with E-state index in [9.17, 15) is 31.5 Å². The summed E-state index contributed by atoms with van der Waals surface area (Å²) in [5.41, 5.74) is -1.70. The molecular formula is C14H11F5N4O2. The van der Waals surface area contributed by atoms with Crippen molar-refractivity contribution in [1.29, 1.82) is 0 Å². The number of imidazole rings is 1. The van der Waals surface area contributed by atoms with E-state index < -0.39 is 46.4 Å². The van der Waals surface area contributed by atoms with Crippen molar-refractivity contribution in [3.8, 4) is 11.4 Å². The monoisotopic (exact) mass is 362 g/mol. The SMILES string of the molecule is CN(C)C(=O)c1[nH]c(-c2c(F)c(F)c(F)c(F)c2F)nc1N(C)C=O. The van der Waals surface area contributed by atoms with Crippen molar-refractivity contribution in [3.05, 3.63) is 34.8 Å². The van der Waals surface area contributed by atoms with E-state index in [4.69, 9.17) is 0 Å². The van der Waals surface area contributed by atoms with Gasteiger partial charge in [0.1, 0.15) is 11.5 Å². The van der Waals surface area contributed by atoms with Crippen LogP contribution in [0.2, 0.25) is 0 Å². The maximum atomic E-state index is 13.9. The molecule has 0 aliphatic carbocycles. The summed E-state index contributed by atoms with van der Waals surface area (Å²) >= 11 is 0. The van der Waals surface area contributed by atoms with Gasteiger partial charge in [-0.3, -0.25) is 9.59 Å². The topological polar surface area (TPSA) is 69.3 Å². The third-order valence-electron chi connectivity index (χ3n) is 3.24. The van der Waals surface area contributed by atoms with E-state index in [1.807, 2.05) is 0 Å². The van der Waals surface area contributed by atoms with Crippen LogP contribution < -0.4 is 4.90 Å². The fourth-order valence-electron chi connectivity index (χ4n) is 1.97. The Morgan fingerprint density at radius 2 is 1.44 bits per heavy atom. The fourth-order valence-corrected chi connectivity index (χ4v) is 1.97. The van der Waals surface area contributed by atoms with Crippen LogP contribution in [0.1, 0.15) is 10.5 Å². The minimum atomic E-state index is -2.32. The number of hydrogen-bond donors (Lipinski definition) is 1. The molecule has 0 saturated heterocycles. The molecule has 0 atom stereocenters. The quantitative estimate of drug-likeness (QED) is 0.392. The normalized spacial score (nSPS) is 10.7. The first kappa shape index (κ1) is 18.4. The van der Waals surface area contributed by atoms with Crippen molar-refractivity contribution in [3.63, 3.8) is 0 Å². The number of aromatic amines is 1. The Labute approximate surface area is 137 Å². The zero-order chi connectivity index (χ0) is 19.0. The molecule has 11 heteroatoms. The lowest BCUT2D eigenvalue weighted by atomic mass is 10.1. The summed E-state index contributed by atoms with van der Waals surface area (Å²) in [5.74, 6) is -12.7. The van der Waals surface area contributed by atoms with Crippen LogP contribution in [-0.2, 0) is 4.79 Å². The van der Waals surface area contributed by atoms with Crippen LogP contribution in [0.15, 0.2) is 0 Å². The van der Waals surface area contributed by atoms with Crippen molar-refractivity contribution < 1.29 is 31.5 Å². The zero-order valence-corrected chi connectivity index (χ0v) is 13.1. The molecular weight excluding hydrogens is 351 g/mol. The maximum Gasteiger partial charge on any atom is 0.273 e. The van der Waals surface area contributed by atoms with Gasteiger partial charge in [-0.15, -0.1) is 0 Å². The van der Waals surface area contributed by atoms with E-state index >= 15 is 0 Å². The second-order valence-corrected chi connectivity index (χ2v) is 5.14. The van der Waals surface area contributed by atoms with Crippen LogP contribution in [0, 0.1) is 29.1 Å². The number of nitrogens with zero attached hydrogens (tertiary/aromatic N) is 3. The number of nitrogens with one attached hydrogen (secondary N) is 1. The summed E-state index contributed by atoms with van der Waals surface area (Å²) in [7, 11) is 3.90. The Morgan fingerprint density at radius 3 is 1.88 bits per heavy atom. The van der Waals surface area contributed by atoms with E-state index in [1.165, 1.54) is 21.1 Å². The van der Waals surface area contributed by atoms with E-state index in [-0.39, 0.29) is 17.9 Å². The highest BCUT2D eigenvalue weighted by molar-refractivity contribution is 5.99. The Hall–Kier alpha value is -2.98. The fraction of sp³-hybridized carbons (Fsp3) is 0.214. The Bertz CT molecular complexity index is 836. The van der Waals surface area contributed by atoms with Gasteiger partial charge < -0.3 is 14.8 Å². The van der Waals surface area contributed by atoms with E-state index in [1.54, 1.807) is 0 Å². The highest BCUT2D eigenvalue weighted by Crippen LogP contribution is 2.32. The molecule has 134 valence electrons. The second kappa shape index (κ2) is 6.49. The van der Waals surface area contributed by atoms with Crippen LogP contribution >= 0.6 is 0 Å². The Kier molecular flexibility index (Phi) is 4.77. The summed E-state index contributed by atoms with van der Waals surface area (Å²) < 4.78 is 67.7. The van der Waals surface area contributed by atoms with Crippen LogP contribution in [0.4, 0.5) is 27.8 Å². The minimum Gasteiger partial charge on any atom is -0.343 e.